The first-order valence-electron chi connectivity index (χ1n) is 9.06. The van der Waals surface area contributed by atoms with Gasteiger partial charge in [0.2, 0.25) is 0 Å². The van der Waals surface area contributed by atoms with E-state index in [4.69, 9.17) is 4.74 Å². The van der Waals surface area contributed by atoms with Gasteiger partial charge in [0.25, 0.3) is 0 Å². The molecule has 2 bridgehead atoms. The van der Waals surface area contributed by atoms with Crippen molar-refractivity contribution in [3.05, 3.63) is 24.3 Å². The molecule has 1 aromatic rings. The predicted molar refractivity (Wildman–Crippen MR) is 101 cm³/mol. The Labute approximate surface area is 149 Å². The Balaban J connectivity index is 1.55. The quantitative estimate of drug-likeness (QED) is 0.754. The van der Waals surface area contributed by atoms with Gasteiger partial charge in [0, 0.05) is 23.0 Å². The van der Waals surface area contributed by atoms with Crippen LogP contribution in [0.2, 0.25) is 0 Å². The van der Waals surface area contributed by atoms with Crippen LogP contribution in [0.15, 0.2) is 24.3 Å². The third kappa shape index (κ3) is 4.00. The molecule has 0 aromatic heterocycles. The highest BCUT2D eigenvalue weighted by Crippen LogP contribution is 2.39. The van der Waals surface area contributed by atoms with Crippen LogP contribution in [0.4, 0.5) is 10.5 Å². The van der Waals surface area contributed by atoms with Crippen molar-refractivity contribution in [1.82, 2.24) is 4.90 Å². The molecule has 132 valence electrons. The topological polar surface area (TPSA) is 41.6 Å². The van der Waals surface area contributed by atoms with Crippen LogP contribution >= 0.6 is 11.8 Å². The summed E-state index contributed by atoms with van der Waals surface area (Å²) >= 11 is 1.95. The Morgan fingerprint density at radius 3 is 2.50 bits per heavy atom. The predicted octanol–water partition coefficient (Wildman–Crippen LogP) is 4.76. The van der Waals surface area contributed by atoms with Crippen molar-refractivity contribution in [3.8, 4) is 5.75 Å². The number of urea groups is 1. The lowest BCUT2D eigenvalue weighted by molar-refractivity contribution is 0.161. The van der Waals surface area contributed by atoms with Crippen molar-refractivity contribution in [1.29, 1.82) is 0 Å². The molecular formula is C19H28N2O2S. The Hall–Kier alpha value is -1.36. The number of ether oxygens (including phenoxy) is 1. The maximum atomic E-state index is 12.7. The number of nitrogens with zero attached hydrogens (tertiary/aromatic N) is 1. The normalized spacial score (nSPS) is 25.6. The zero-order chi connectivity index (χ0) is 16.9. The number of thioether (sulfide) groups is 1. The smallest absolute Gasteiger partial charge is 0.322 e. The number of anilines is 1. The van der Waals surface area contributed by atoms with E-state index in [1.54, 1.807) is 0 Å². The lowest BCUT2D eigenvalue weighted by Gasteiger charge is -2.38. The minimum Gasteiger partial charge on any atom is -0.494 e. The molecular weight excluding hydrogens is 320 g/mol. The zero-order valence-corrected chi connectivity index (χ0v) is 15.5. The van der Waals surface area contributed by atoms with E-state index in [2.05, 4.69) is 23.4 Å². The zero-order valence-electron chi connectivity index (χ0n) is 14.7. The number of piperidine rings is 1. The molecule has 1 N–H and O–H groups in total. The van der Waals surface area contributed by atoms with Crippen LogP contribution in [0, 0.1) is 0 Å². The summed E-state index contributed by atoms with van der Waals surface area (Å²) in [5, 5.41) is 3.78. The number of nitrogens with one attached hydrogen (secondary N) is 1. The van der Waals surface area contributed by atoms with Gasteiger partial charge in [-0.1, -0.05) is 13.3 Å². The van der Waals surface area contributed by atoms with E-state index in [1.165, 1.54) is 0 Å². The number of rotatable bonds is 6. The number of carbonyl (C=O) groups excluding carboxylic acids is 1. The van der Waals surface area contributed by atoms with Crippen molar-refractivity contribution in [2.24, 2.45) is 0 Å². The summed E-state index contributed by atoms with van der Waals surface area (Å²) in [4.78, 5) is 14.8. The Kier molecular flexibility index (Phi) is 5.93. The molecule has 0 spiro atoms. The average molecular weight is 349 g/mol. The highest BCUT2D eigenvalue weighted by atomic mass is 32.2. The van der Waals surface area contributed by atoms with Gasteiger partial charge in [-0.3, -0.25) is 0 Å². The molecule has 0 aliphatic carbocycles. The van der Waals surface area contributed by atoms with Gasteiger partial charge in [-0.2, -0.15) is 11.8 Å². The summed E-state index contributed by atoms with van der Waals surface area (Å²) in [6.07, 6.45) is 8.95. The Bertz CT molecular complexity index is 535. The third-order valence-corrected chi connectivity index (χ3v) is 6.18. The monoisotopic (exact) mass is 348 g/mol. The fraction of sp³-hybridized carbons (Fsp3) is 0.632. The first-order valence-corrected chi connectivity index (χ1v) is 10.3. The van der Waals surface area contributed by atoms with Crippen molar-refractivity contribution >= 4 is 23.5 Å². The summed E-state index contributed by atoms with van der Waals surface area (Å²) in [5.74, 6) is 0.863. The molecule has 0 unspecified atom stereocenters. The van der Waals surface area contributed by atoms with E-state index in [1.807, 2.05) is 36.0 Å². The molecule has 2 atom stereocenters. The van der Waals surface area contributed by atoms with Crippen LogP contribution < -0.4 is 10.1 Å². The molecule has 2 aliphatic rings. The van der Waals surface area contributed by atoms with Gasteiger partial charge in [-0.15, -0.1) is 0 Å². The molecule has 4 nitrogen and oxygen atoms in total. The van der Waals surface area contributed by atoms with Gasteiger partial charge in [-0.25, -0.2) is 4.79 Å². The highest BCUT2D eigenvalue weighted by Gasteiger charge is 2.42. The van der Waals surface area contributed by atoms with E-state index in [-0.39, 0.29) is 6.03 Å². The summed E-state index contributed by atoms with van der Waals surface area (Å²) in [6, 6.07) is 8.60. The van der Waals surface area contributed by atoms with Crippen LogP contribution in [0.5, 0.6) is 5.75 Å². The number of unbranched alkanes of at least 4 members (excludes halogenated alkanes) is 1. The number of carbonyl (C=O) groups is 1. The van der Waals surface area contributed by atoms with Crippen LogP contribution in [0.1, 0.15) is 45.4 Å². The van der Waals surface area contributed by atoms with Crippen molar-refractivity contribution in [2.45, 2.75) is 62.8 Å². The van der Waals surface area contributed by atoms with Crippen LogP contribution in [0.3, 0.4) is 0 Å². The maximum Gasteiger partial charge on any atom is 0.322 e. The summed E-state index contributed by atoms with van der Waals surface area (Å²) in [5.41, 5.74) is 0.842. The molecule has 2 fully saturated rings. The second-order valence-corrected chi connectivity index (χ2v) is 7.92. The average Bonchev–Trinajstić information content (AvgIpc) is 2.87. The molecule has 2 saturated heterocycles. The molecule has 0 radical (unpaired) electrons. The van der Waals surface area contributed by atoms with E-state index in [9.17, 15) is 4.79 Å². The van der Waals surface area contributed by atoms with E-state index < -0.39 is 0 Å². The molecule has 5 heteroatoms. The minimum atomic E-state index is 0.0571. The van der Waals surface area contributed by atoms with Gasteiger partial charge in [0.1, 0.15) is 5.75 Å². The van der Waals surface area contributed by atoms with Crippen molar-refractivity contribution in [2.75, 3.05) is 18.2 Å². The van der Waals surface area contributed by atoms with E-state index in [0.717, 1.165) is 56.6 Å². The highest BCUT2D eigenvalue weighted by molar-refractivity contribution is 7.99. The van der Waals surface area contributed by atoms with Crippen LogP contribution in [-0.4, -0.2) is 41.1 Å². The number of hydrogen-bond donors (Lipinski definition) is 1. The number of fused-ring (bicyclic) bond motifs is 2. The number of hydrogen-bond acceptors (Lipinski definition) is 3. The van der Waals surface area contributed by atoms with Gasteiger partial charge >= 0.3 is 6.03 Å². The first kappa shape index (κ1) is 17.5. The standard InChI is InChI=1S/C19H28N2O2S/c1-3-4-11-23-17-9-5-14(6-10-17)20-19(22)21-15-7-8-16(21)13-18(12-15)24-2/h5-6,9-10,15-16,18H,3-4,7-8,11-13H2,1-2H3,(H,20,22)/t15-,16-/m0/s1. The summed E-state index contributed by atoms with van der Waals surface area (Å²) < 4.78 is 5.67. The SMILES string of the molecule is CCCCOc1ccc(NC(=O)N2[C@H]3CC[C@H]2CC(SC)C3)cc1. The molecule has 0 saturated carbocycles. The molecule has 1 aromatic carbocycles. The third-order valence-electron chi connectivity index (χ3n) is 5.13. The fourth-order valence-electron chi connectivity index (χ4n) is 3.81. The van der Waals surface area contributed by atoms with E-state index in [0.29, 0.717) is 17.3 Å². The molecule has 2 amide bonds. The number of amides is 2. The van der Waals surface area contributed by atoms with E-state index >= 15 is 0 Å². The molecule has 2 aliphatic heterocycles. The van der Waals surface area contributed by atoms with Crippen molar-refractivity contribution < 1.29 is 9.53 Å². The van der Waals surface area contributed by atoms with Crippen molar-refractivity contribution in [3.63, 3.8) is 0 Å². The largest absolute Gasteiger partial charge is 0.494 e. The lowest BCUT2D eigenvalue weighted by atomic mass is 10.0. The van der Waals surface area contributed by atoms with Gasteiger partial charge < -0.3 is 15.0 Å². The summed E-state index contributed by atoms with van der Waals surface area (Å²) in [6.45, 7) is 2.90. The lowest BCUT2D eigenvalue weighted by Crippen LogP contribution is -2.49. The Morgan fingerprint density at radius 1 is 1.25 bits per heavy atom. The second kappa shape index (κ2) is 8.15. The van der Waals surface area contributed by atoms with Crippen LogP contribution in [0.25, 0.3) is 0 Å². The van der Waals surface area contributed by atoms with Gasteiger partial charge in [-0.05, 0) is 62.6 Å². The molecule has 2 heterocycles. The van der Waals surface area contributed by atoms with Gasteiger partial charge in [0.15, 0.2) is 0 Å². The van der Waals surface area contributed by atoms with Crippen LogP contribution in [-0.2, 0) is 0 Å². The first-order chi connectivity index (χ1) is 11.7. The Morgan fingerprint density at radius 2 is 1.92 bits per heavy atom. The second-order valence-electron chi connectivity index (χ2n) is 6.78. The summed E-state index contributed by atoms with van der Waals surface area (Å²) in [7, 11) is 0. The fourth-order valence-corrected chi connectivity index (χ4v) is 4.64. The molecule has 3 rings (SSSR count). The molecule has 24 heavy (non-hydrogen) atoms. The minimum absolute atomic E-state index is 0.0571. The number of benzene rings is 1. The maximum absolute atomic E-state index is 12.7. The van der Waals surface area contributed by atoms with Gasteiger partial charge in [0.05, 0.1) is 6.61 Å².